The van der Waals surface area contributed by atoms with Crippen molar-refractivity contribution in [1.82, 2.24) is 4.98 Å². The van der Waals surface area contributed by atoms with E-state index in [4.69, 9.17) is 10.5 Å². The second-order valence-corrected chi connectivity index (χ2v) is 3.99. The van der Waals surface area contributed by atoms with Gasteiger partial charge in [-0.2, -0.15) is 0 Å². The molecule has 0 fully saturated rings. The Hall–Kier alpha value is -2.40. The quantitative estimate of drug-likeness (QED) is 0.864. The van der Waals surface area contributed by atoms with E-state index in [0.717, 1.165) is 0 Å². The molecule has 0 aliphatic rings. The van der Waals surface area contributed by atoms with Crippen molar-refractivity contribution in [3.63, 3.8) is 0 Å². The highest BCUT2D eigenvalue weighted by Crippen LogP contribution is 2.29. The number of primary amides is 1. The second-order valence-electron chi connectivity index (χ2n) is 3.99. The number of hydrogen-bond donors (Lipinski definition) is 2. The zero-order valence-corrected chi connectivity index (χ0v) is 10.4. The van der Waals surface area contributed by atoms with E-state index < -0.39 is 12.0 Å². The number of carbonyl (C=O) groups is 1. The van der Waals surface area contributed by atoms with Gasteiger partial charge in [0, 0.05) is 17.3 Å². The number of amides is 1. The molecule has 0 bridgehead atoms. The first-order valence-electron chi connectivity index (χ1n) is 5.70. The van der Waals surface area contributed by atoms with Crippen LogP contribution in [-0.2, 0) is 0 Å². The highest BCUT2D eigenvalue weighted by molar-refractivity contribution is 5.90. The van der Waals surface area contributed by atoms with Crippen LogP contribution in [0.5, 0.6) is 5.75 Å². The number of benzene rings is 1. The zero-order chi connectivity index (χ0) is 13.8. The number of pyridine rings is 1. The molecule has 0 saturated heterocycles. The molecule has 2 aromatic rings. The lowest BCUT2D eigenvalue weighted by molar-refractivity contribution is 0.0995. The highest BCUT2D eigenvalue weighted by atomic mass is 16.5. The Morgan fingerprint density at radius 2 is 2.05 bits per heavy atom. The van der Waals surface area contributed by atoms with Gasteiger partial charge < -0.3 is 15.6 Å². The average molecular weight is 258 g/mol. The Kier molecular flexibility index (Phi) is 3.77. The third-order valence-corrected chi connectivity index (χ3v) is 2.79. The smallest absolute Gasteiger partial charge is 0.267 e. The van der Waals surface area contributed by atoms with E-state index >= 15 is 0 Å². The van der Waals surface area contributed by atoms with Crippen molar-refractivity contribution in [3.05, 3.63) is 59.4 Å². The van der Waals surface area contributed by atoms with E-state index in [2.05, 4.69) is 4.98 Å². The molecule has 1 unspecified atom stereocenters. The van der Waals surface area contributed by atoms with Crippen LogP contribution in [0.2, 0.25) is 0 Å². The lowest BCUT2D eigenvalue weighted by atomic mass is 10.0. The molecule has 0 radical (unpaired) electrons. The van der Waals surface area contributed by atoms with Gasteiger partial charge in [-0.25, -0.2) is 0 Å². The molecule has 1 aromatic carbocycles. The van der Waals surface area contributed by atoms with Crippen LogP contribution >= 0.6 is 0 Å². The molecule has 0 saturated carbocycles. The molecule has 3 N–H and O–H groups in total. The summed E-state index contributed by atoms with van der Waals surface area (Å²) >= 11 is 0. The van der Waals surface area contributed by atoms with Gasteiger partial charge >= 0.3 is 0 Å². The first kappa shape index (κ1) is 13.0. The van der Waals surface area contributed by atoms with Gasteiger partial charge in [-0.1, -0.05) is 24.3 Å². The van der Waals surface area contributed by atoms with Crippen molar-refractivity contribution in [2.75, 3.05) is 7.11 Å². The normalized spacial score (nSPS) is 11.9. The summed E-state index contributed by atoms with van der Waals surface area (Å²) in [5, 5.41) is 10.3. The van der Waals surface area contributed by atoms with Crippen molar-refractivity contribution in [3.8, 4) is 5.75 Å². The van der Waals surface area contributed by atoms with Crippen LogP contribution in [0, 0.1) is 0 Å². The minimum absolute atomic E-state index is 0.163. The van der Waals surface area contributed by atoms with Crippen molar-refractivity contribution < 1.29 is 14.6 Å². The molecule has 5 heteroatoms. The molecule has 1 amide bonds. The van der Waals surface area contributed by atoms with E-state index in [1.165, 1.54) is 12.3 Å². The summed E-state index contributed by atoms with van der Waals surface area (Å²) < 4.78 is 5.20. The third-order valence-electron chi connectivity index (χ3n) is 2.79. The number of methoxy groups -OCH3 is 1. The predicted octanol–water partition coefficient (Wildman–Crippen LogP) is 1.27. The number of rotatable bonds is 4. The number of nitrogens with two attached hydrogens (primary N) is 1. The molecular weight excluding hydrogens is 244 g/mol. The van der Waals surface area contributed by atoms with Gasteiger partial charge in [0.25, 0.3) is 5.91 Å². The molecule has 0 aliphatic heterocycles. The van der Waals surface area contributed by atoms with Crippen molar-refractivity contribution in [2.24, 2.45) is 5.73 Å². The lowest BCUT2D eigenvalue weighted by Crippen LogP contribution is -2.13. The summed E-state index contributed by atoms with van der Waals surface area (Å²) in [5.74, 6) is -0.00712. The number of para-hydroxylation sites is 1. The summed E-state index contributed by atoms with van der Waals surface area (Å²) in [5.41, 5.74) is 6.48. The Morgan fingerprint density at radius 3 is 2.63 bits per heavy atom. The Morgan fingerprint density at radius 1 is 1.32 bits per heavy atom. The molecule has 0 aliphatic carbocycles. The summed E-state index contributed by atoms with van der Waals surface area (Å²) in [6, 6.07) is 10.3. The molecule has 19 heavy (non-hydrogen) atoms. The van der Waals surface area contributed by atoms with Crippen LogP contribution in [0.3, 0.4) is 0 Å². The number of hydrogen-bond acceptors (Lipinski definition) is 4. The van der Waals surface area contributed by atoms with Crippen LogP contribution in [0.25, 0.3) is 0 Å². The van der Waals surface area contributed by atoms with Crippen LogP contribution < -0.4 is 10.5 Å². The zero-order valence-electron chi connectivity index (χ0n) is 10.4. The van der Waals surface area contributed by atoms with Crippen LogP contribution in [0.4, 0.5) is 0 Å². The maximum absolute atomic E-state index is 10.9. The van der Waals surface area contributed by atoms with Gasteiger partial charge in [-0.3, -0.25) is 9.78 Å². The topological polar surface area (TPSA) is 85.4 Å². The van der Waals surface area contributed by atoms with Gasteiger partial charge in [0.2, 0.25) is 0 Å². The van der Waals surface area contributed by atoms with Crippen LogP contribution in [0.15, 0.2) is 42.6 Å². The number of carbonyl (C=O) groups excluding carboxylic acids is 1. The Balaban J connectivity index is 2.33. The fourth-order valence-electron chi connectivity index (χ4n) is 1.78. The molecule has 5 nitrogen and oxygen atoms in total. The number of aliphatic hydroxyl groups excluding tert-OH is 1. The monoisotopic (exact) mass is 258 g/mol. The van der Waals surface area contributed by atoms with Gasteiger partial charge in [-0.05, 0) is 12.1 Å². The van der Waals surface area contributed by atoms with Crippen molar-refractivity contribution in [1.29, 1.82) is 0 Å². The molecule has 98 valence electrons. The number of nitrogens with zero attached hydrogens (tertiary/aromatic N) is 1. The van der Waals surface area contributed by atoms with Crippen molar-refractivity contribution in [2.45, 2.75) is 6.10 Å². The molecule has 1 atom stereocenters. The summed E-state index contributed by atoms with van der Waals surface area (Å²) in [6.45, 7) is 0. The van der Waals surface area contributed by atoms with Gasteiger partial charge in [-0.15, -0.1) is 0 Å². The van der Waals surface area contributed by atoms with E-state index in [-0.39, 0.29) is 5.69 Å². The second kappa shape index (κ2) is 5.49. The number of aromatic nitrogens is 1. The maximum Gasteiger partial charge on any atom is 0.267 e. The molecule has 2 rings (SSSR count). The van der Waals surface area contributed by atoms with Gasteiger partial charge in [0.15, 0.2) is 0 Å². The SMILES string of the molecule is COc1ccccc1C(O)c1ccc(C(N)=O)nc1. The van der Waals surface area contributed by atoms with E-state index in [1.54, 1.807) is 25.3 Å². The van der Waals surface area contributed by atoms with E-state index in [0.29, 0.717) is 16.9 Å². The van der Waals surface area contributed by atoms with Crippen LogP contribution in [0.1, 0.15) is 27.7 Å². The minimum Gasteiger partial charge on any atom is -0.496 e. The maximum atomic E-state index is 10.9. The largest absolute Gasteiger partial charge is 0.496 e. The fourth-order valence-corrected chi connectivity index (χ4v) is 1.78. The van der Waals surface area contributed by atoms with E-state index in [9.17, 15) is 9.90 Å². The Labute approximate surface area is 110 Å². The van der Waals surface area contributed by atoms with Crippen LogP contribution in [-0.4, -0.2) is 23.1 Å². The number of ether oxygens (including phenoxy) is 1. The summed E-state index contributed by atoms with van der Waals surface area (Å²) in [6.07, 6.45) is 0.558. The average Bonchev–Trinajstić information content (AvgIpc) is 2.46. The highest BCUT2D eigenvalue weighted by Gasteiger charge is 2.15. The Bertz CT molecular complexity index is 581. The van der Waals surface area contributed by atoms with Gasteiger partial charge in [0.1, 0.15) is 17.5 Å². The first-order chi connectivity index (χ1) is 9.13. The minimum atomic E-state index is -0.870. The molecule has 0 spiro atoms. The lowest BCUT2D eigenvalue weighted by Gasteiger charge is -2.14. The van der Waals surface area contributed by atoms with E-state index in [1.807, 2.05) is 12.1 Å². The summed E-state index contributed by atoms with van der Waals surface area (Å²) in [4.78, 5) is 14.8. The third kappa shape index (κ3) is 2.71. The molecule has 1 heterocycles. The summed E-state index contributed by atoms with van der Waals surface area (Å²) in [7, 11) is 1.54. The first-order valence-corrected chi connectivity index (χ1v) is 5.70. The fraction of sp³-hybridized carbons (Fsp3) is 0.143. The molecular formula is C14H14N2O3. The number of aliphatic hydroxyl groups is 1. The van der Waals surface area contributed by atoms with Gasteiger partial charge in [0.05, 0.1) is 7.11 Å². The standard InChI is InChI=1S/C14H14N2O3/c1-19-12-5-3-2-4-10(12)13(17)9-6-7-11(14(15)18)16-8-9/h2-8,13,17H,1H3,(H2,15,18). The van der Waals surface area contributed by atoms with Crippen molar-refractivity contribution >= 4 is 5.91 Å². The predicted molar refractivity (Wildman–Crippen MR) is 69.8 cm³/mol. The molecule has 1 aromatic heterocycles.